The zero-order chi connectivity index (χ0) is 19.2. The number of rotatable bonds is 6. The van der Waals surface area contributed by atoms with Crippen LogP contribution in [0.5, 0.6) is 0 Å². The predicted octanol–water partition coefficient (Wildman–Crippen LogP) is 6.82. The van der Waals surface area contributed by atoms with Crippen molar-refractivity contribution in [1.29, 1.82) is 0 Å². The number of aryl methyl sites for hydroxylation is 2. The highest BCUT2D eigenvalue weighted by Gasteiger charge is 2.10. The van der Waals surface area contributed by atoms with Crippen molar-refractivity contribution >= 4 is 28.9 Å². The van der Waals surface area contributed by atoms with E-state index in [9.17, 15) is 4.79 Å². The van der Waals surface area contributed by atoms with Gasteiger partial charge in [0.05, 0.1) is 5.69 Å². The van der Waals surface area contributed by atoms with E-state index in [0.717, 1.165) is 21.9 Å². The fourth-order valence-electron chi connectivity index (χ4n) is 2.91. The van der Waals surface area contributed by atoms with Gasteiger partial charge in [-0.2, -0.15) is 0 Å². The Balaban J connectivity index is 1.83. The van der Waals surface area contributed by atoms with Crippen LogP contribution in [0.25, 0.3) is 0 Å². The van der Waals surface area contributed by atoms with E-state index >= 15 is 0 Å². The summed E-state index contributed by atoms with van der Waals surface area (Å²) >= 11 is 1.73. The molecule has 3 aromatic carbocycles. The van der Waals surface area contributed by atoms with Crippen molar-refractivity contribution in [3.8, 4) is 0 Å². The first-order valence-electron chi connectivity index (χ1n) is 9.00. The van der Waals surface area contributed by atoms with E-state index < -0.39 is 0 Å². The van der Waals surface area contributed by atoms with Crippen LogP contribution < -0.4 is 0 Å². The van der Waals surface area contributed by atoms with Crippen molar-refractivity contribution in [2.24, 2.45) is 4.99 Å². The predicted molar refractivity (Wildman–Crippen MR) is 115 cm³/mol. The highest BCUT2D eigenvalue weighted by molar-refractivity contribution is 7.99. The molecule has 0 aliphatic carbocycles. The fraction of sp³-hybridized carbons (Fsp3) is 0.167. The third-order valence-electron chi connectivity index (χ3n) is 4.31. The van der Waals surface area contributed by atoms with E-state index in [1.165, 1.54) is 16.0 Å². The van der Waals surface area contributed by atoms with Gasteiger partial charge in [-0.15, -0.1) is 0 Å². The van der Waals surface area contributed by atoms with Gasteiger partial charge in [-0.3, -0.25) is 9.79 Å². The molecule has 3 heteroatoms. The molecule has 0 fully saturated rings. The maximum atomic E-state index is 12.4. The summed E-state index contributed by atoms with van der Waals surface area (Å²) in [5.74, 6) is 0.0942. The molecule has 136 valence electrons. The molecule has 27 heavy (non-hydrogen) atoms. The van der Waals surface area contributed by atoms with Crippen LogP contribution in [0, 0.1) is 13.8 Å². The number of carbonyl (C=O) groups is 1. The largest absolute Gasteiger partial charge is 0.294 e. The number of carbonyl (C=O) groups excluding carboxylic acids is 1. The van der Waals surface area contributed by atoms with Crippen molar-refractivity contribution in [2.45, 2.75) is 37.0 Å². The molecule has 0 heterocycles. The Morgan fingerprint density at radius 1 is 0.852 bits per heavy atom. The van der Waals surface area contributed by atoms with Gasteiger partial charge in [0.2, 0.25) is 0 Å². The number of para-hydroxylation sites is 1. The second-order valence-corrected chi connectivity index (χ2v) is 7.66. The summed E-state index contributed by atoms with van der Waals surface area (Å²) in [6.45, 7) is 6.18. The Labute approximate surface area is 165 Å². The average molecular weight is 374 g/mol. The molecule has 0 radical (unpaired) electrons. The van der Waals surface area contributed by atoms with Crippen molar-refractivity contribution in [2.75, 3.05) is 0 Å². The molecule has 0 aromatic heterocycles. The molecule has 3 aromatic rings. The van der Waals surface area contributed by atoms with Crippen LogP contribution in [0.15, 0.2) is 87.6 Å². The maximum absolute atomic E-state index is 12.4. The number of ketones is 1. The summed E-state index contributed by atoms with van der Waals surface area (Å²) < 4.78 is 0. The van der Waals surface area contributed by atoms with Crippen LogP contribution >= 0.6 is 11.8 Å². The summed E-state index contributed by atoms with van der Waals surface area (Å²) in [6.07, 6.45) is 0.326. The standard InChI is InChI=1S/C24H23NOS/c1-17-10-9-11-18(2)24(17)27-23-15-8-7-14-21(23)25-19(3)16-22(26)20-12-5-4-6-13-20/h4-15H,16H2,1-3H3. The van der Waals surface area contributed by atoms with E-state index in [4.69, 9.17) is 4.99 Å². The number of Topliss-reactive ketones (excluding diaryl/α,β-unsaturated/α-hetero) is 1. The second kappa shape index (κ2) is 8.83. The van der Waals surface area contributed by atoms with Crippen LogP contribution in [0.2, 0.25) is 0 Å². The molecule has 0 atom stereocenters. The highest BCUT2D eigenvalue weighted by Crippen LogP contribution is 2.38. The Hall–Kier alpha value is -2.65. The van der Waals surface area contributed by atoms with E-state index in [1.54, 1.807) is 11.8 Å². The van der Waals surface area contributed by atoms with E-state index in [1.807, 2.05) is 55.5 Å². The Bertz CT molecular complexity index is 956. The quantitative estimate of drug-likeness (QED) is 0.350. The summed E-state index contributed by atoms with van der Waals surface area (Å²) in [6, 6.07) is 23.8. The Morgan fingerprint density at radius 2 is 1.48 bits per heavy atom. The van der Waals surface area contributed by atoms with Gasteiger partial charge < -0.3 is 0 Å². The first-order valence-corrected chi connectivity index (χ1v) is 9.82. The minimum atomic E-state index is 0.0942. The fourth-order valence-corrected chi connectivity index (χ4v) is 3.95. The third-order valence-corrected chi connectivity index (χ3v) is 5.72. The van der Waals surface area contributed by atoms with E-state index in [0.29, 0.717) is 6.42 Å². The van der Waals surface area contributed by atoms with Crippen LogP contribution in [-0.4, -0.2) is 11.5 Å². The lowest BCUT2D eigenvalue weighted by atomic mass is 10.1. The zero-order valence-corrected chi connectivity index (χ0v) is 16.7. The number of benzene rings is 3. The van der Waals surface area contributed by atoms with Gasteiger partial charge in [0.1, 0.15) is 0 Å². The van der Waals surface area contributed by atoms with Crippen molar-refractivity contribution in [1.82, 2.24) is 0 Å². The molecule has 0 saturated heterocycles. The molecule has 0 spiro atoms. The molecule has 0 bridgehead atoms. The first-order chi connectivity index (χ1) is 13.0. The smallest absolute Gasteiger partial charge is 0.168 e. The molecule has 0 unspecified atom stereocenters. The zero-order valence-electron chi connectivity index (χ0n) is 15.9. The molecular weight excluding hydrogens is 350 g/mol. The number of hydrogen-bond acceptors (Lipinski definition) is 3. The lowest BCUT2D eigenvalue weighted by Gasteiger charge is -2.11. The van der Waals surface area contributed by atoms with Crippen LogP contribution in [0.4, 0.5) is 5.69 Å². The number of aliphatic imine (C=N–C) groups is 1. The van der Waals surface area contributed by atoms with Gasteiger partial charge in [-0.25, -0.2) is 0 Å². The molecule has 0 amide bonds. The minimum absolute atomic E-state index is 0.0942. The molecule has 0 aliphatic heterocycles. The van der Waals surface area contributed by atoms with Gasteiger partial charge in [0, 0.05) is 27.5 Å². The molecule has 0 saturated carbocycles. The highest BCUT2D eigenvalue weighted by atomic mass is 32.2. The summed E-state index contributed by atoms with van der Waals surface area (Å²) in [7, 11) is 0. The minimum Gasteiger partial charge on any atom is -0.294 e. The first kappa shape index (κ1) is 19.1. The summed E-state index contributed by atoms with van der Waals surface area (Å²) in [5.41, 5.74) is 4.97. The molecular formula is C24H23NOS. The van der Waals surface area contributed by atoms with E-state index in [-0.39, 0.29) is 5.78 Å². The topological polar surface area (TPSA) is 29.4 Å². The van der Waals surface area contributed by atoms with Crippen molar-refractivity contribution < 1.29 is 4.79 Å². The normalized spacial score (nSPS) is 11.4. The molecule has 0 N–H and O–H groups in total. The van der Waals surface area contributed by atoms with Crippen molar-refractivity contribution in [3.05, 3.63) is 89.5 Å². The number of nitrogens with zero attached hydrogens (tertiary/aromatic N) is 1. The average Bonchev–Trinajstić information content (AvgIpc) is 2.66. The second-order valence-electron chi connectivity index (χ2n) is 6.60. The third kappa shape index (κ3) is 4.95. The van der Waals surface area contributed by atoms with E-state index in [2.05, 4.69) is 38.1 Å². The van der Waals surface area contributed by atoms with Crippen LogP contribution in [0.1, 0.15) is 34.8 Å². The van der Waals surface area contributed by atoms with Crippen LogP contribution in [0.3, 0.4) is 0 Å². The monoisotopic (exact) mass is 373 g/mol. The lowest BCUT2D eigenvalue weighted by molar-refractivity contribution is 0.100. The van der Waals surface area contributed by atoms with Gasteiger partial charge in [0.25, 0.3) is 0 Å². The van der Waals surface area contributed by atoms with Crippen LogP contribution in [-0.2, 0) is 0 Å². The van der Waals surface area contributed by atoms with Crippen molar-refractivity contribution in [3.63, 3.8) is 0 Å². The maximum Gasteiger partial charge on any atom is 0.168 e. The number of hydrogen-bond donors (Lipinski definition) is 0. The molecule has 0 aliphatic rings. The lowest BCUT2D eigenvalue weighted by Crippen LogP contribution is -2.04. The summed E-state index contributed by atoms with van der Waals surface area (Å²) in [5, 5.41) is 0. The Morgan fingerprint density at radius 3 is 2.19 bits per heavy atom. The Kier molecular flexibility index (Phi) is 6.25. The SMILES string of the molecule is CC(CC(=O)c1ccccc1)=Nc1ccccc1Sc1c(C)cccc1C. The molecule has 2 nitrogen and oxygen atoms in total. The van der Waals surface area contributed by atoms with Gasteiger partial charge >= 0.3 is 0 Å². The molecule has 3 rings (SSSR count). The van der Waals surface area contributed by atoms with Gasteiger partial charge in [-0.1, -0.05) is 72.4 Å². The van der Waals surface area contributed by atoms with Gasteiger partial charge in [-0.05, 0) is 44.0 Å². The summed E-state index contributed by atoms with van der Waals surface area (Å²) in [4.78, 5) is 19.5. The van der Waals surface area contributed by atoms with Gasteiger partial charge in [0.15, 0.2) is 5.78 Å².